The van der Waals surface area contributed by atoms with Crippen molar-refractivity contribution in [2.75, 3.05) is 6.54 Å². The van der Waals surface area contributed by atoms with Crippen LogP contribution in [0, 0.1) is 5.82 Å². The van der Waals surface area contributed by atoms with Crippen LogP contribution in [0.1, 0.15) is 24.1 Å². The van der Waals surface area contributed by atoms with E-state index >= 15 is 0 Å². The highest BCUT2D eigenvalue weighted by Gasteiger charge is 2.20. The van der Waals surface area contributed by atoms with Gasteiger partial charge in [-0.05, 0) is 47.1 Å². The van der Waals surface area contributed by atoms with Crippen LogP contribution in [0.3, 0.4) is 0 Å². The standard InChI is InChI=1S/C17H15ClFNS/c1-2-20-17(13-9-11(18)7-8-15(13)19)14-10-21-16-6-4-3-5-12(14)16/h3-10,17,20H,2H2,1H3. The van der Waals surface area contributed by atoms with Crippen molar-refractivity contribution in [2.24, 2.45) is 0 Å². The molecule has 0 aliphatic heterocycles. The van der Waals surface area contributed by atoms with Crippen molar-refractivity contribution in [3.8, 4) is 0 Å². The lowest BCUT2D eigenvalue weighted by Gasteiger charge is -2.19. The Morgan fingerprint density at radius 2 is 2.00 bits per heavy atom. The van der Waals surface area contributed by atoms with Crippen LogP contribution in [0.2, 0.25) is 5.02 Å². The first-order valence-corrected chi connectivity index (χ1v) is 8.11. The summed E-state index contributed by atoms with van der Waals surface area (Å²) in [6.07, 6.45) is 0. The fourth-order valence-electron chi connectivity index (χ4n) is 2.55. The van der Waals surface area contributed by atoms with Crippen molar-refractivity contribution < 1.29 is 4.39 Å². The SMILES string of the molecule is CCNC(c1cc(Cl)ccc1F)c1csc2ccccc12. The number of thiophene rings is 1. The number of hydrogen-bond acceptors (Lipinski definition) is 2. The van der Waals surface area contributed by atoms with E-state index in [0.29, 0.717) is 10.6 Å². The third-order valence-electron chi connectivity index (χ3n) is 3.50. The van der Waals surface area contributed by atoms with Gasteiger partial charge in [-0.15, -0.1) is 11.3 Å². The van der Waals surface area contributed by atoms with E-state index in [0.717, 1.165) is 17.5 Å². The minimum Gasteiger partial charge on any atom is -0.306 e. The Kier molecular flexibility index (Phi) is 4.24. The second-order valence-corrected chi connectivity index (χ2v) is 6.19. The number of hydrogen-bond donors (Lipinski definition) is 1. The van der Waals surface area contributed by atoms with Crippen LogP contribution in [0.5, 0.6) is 0 Å². The minimum absolute atomic E-state index is 0.190. The summed E-state index contributed by atoms with van der Waals surface area (Å²) in [5.41, 5.74) is 1.69. The van der Waals surface area contributed by atoms with Gasteiger partial charge in [0.05, 0.1) is 6.04 Å². The smallest absolute Gasteiger partial charge is 0.128 e. The minimum atomic E-state index is -0.236. The predicted octanol–water partition coefficient (Wildman–Crippen LogP) is 5.39. The largest absolute Gasteiger partial charge is 0.306 e. The Hall–Kier alpha value is -1.42. The Balaban J connectivity index is 2.15. The summed E-state index contributed by atoms with van der Waals surface area (Å²) in [7, 11) is 0. The van der Waals surface area contributed by atoms with E-state index < -0.39 is 0 Å². The zero-order valence-corrected chi connectivity index (χ0v) is 13.1. The van der Waals surface area contributed by atoms with Crippen LogP contribution < -0.4 is 5.32 Å². The highest BCUT2D eigenvalue weighted by atomic mass is 35.5. The van der Waals surface area contributed by atoms with Crippen molar-refractivity contribution >= 4 is 33.0 Å². The molecular formula is C17H15ClFNS. The molecule has 1 aromatic heterocycles. The van der Waals surface area contributed by atoms with Gasteiger partial charge in [0, 0.05) is 15.3 Å². The fraction of sp³-hybridized carbons (Fsp3) is 0.176. The Morgan fingerprint density at radius 1 is 1.19 bits per heavy atom. The average Bonchev–Trinajstić information content (AvgIpc) is 2.91. The van der Waals surface area contributed by atoms with Crippen LogP contribution in [0.25, 0.3) is 10.1 Å². The molecule has 1 nitrogen and oxygen atoms in total. The van der Waals surface area contributed by atoms with Crippen LogP contribution in [0.15, 0.2) is 47.8 Å². The molecule has 0 spiro atoms. The number of fused-ring (bicyclic) bond motifs is 1. The number of halogens is 2. The molecular weight excluding hydrogens is 305 g/mol. The molecule has 0 saturated heterocycles. The van der Waals surface area contributed by atoms with Crippen molar-refractivity contribution in [3.05, 3.63) is 69.8 Å². The van der Waals surface area contributed by atoms with Gasteiger partial charge in [-0.3, -0.25) is 0 Å². The zero-order valence-electron chi connectivity index (χ0n) is 11.6. The molecule has 21 heavy (non-hydrogen) atoms. The fourth-order valence-corrected chi connectivity index (χ4v) is 3.72. The second kappa shape index (κ2) is 6.14. The molecule has 108 valence electrons. The third kappa shape index (κ3) is 2.82. The maximum Gasteiger partial charge on any atom is 0.128 e. The molecule has 0 amide bonds. The van der Waals surface area contributed by atoms with E-state index in [-0.39, 0.29) is 11.9 Å². The molecule has 1 N–H and O–H groups in total. The molecule has 0 aliphatic rings. The summed E-state index contributed by atoms with van der Waals surface area (Å²) in [5, 5.41) is 7.17. The molecule has 2 aromatic carbocycles. The van der Waals surface area contributed by atoms with E-state index in [9.17, 15) is 4.39 Å². The summed E-state index contributed by atoms with van der Waals surface area (Å²) in [5.74, 6) is -0.236. The van der Waals surface area contributed by atoms with E-state index in [2.05, 4.69) is 22.8 Å². The Morgan fingerprint density at radius 3 is 2.81 bits per heavy atom. The zero-order chi connectivity index (χ0) is 14.8. The molecule has 0 radical (unpaired) electrons. The normalized spacial score (nSPS) is 12.7. The molecule has 1 heterocycles. The van der Waals surface area contributed by atoms with Gasteiger partial charge in [-0.1, -0.05) is 36.7 Å². The molecule has 1 atom stereocenters. The summed E-state index contributed by atoms with van der Waals surface area (Å²) < 4.78 is 15.4. The number of nitrogens with one attached hydrogen (secondary N) is 1. The van der Waals surface area contributed by atoms with Gasteiger partial charge in [0.2, 0.25) is 0 Å². The van der Waals surface area contributed by atoms with Crippen molar-refractivity contribution in [1.29, 1.82) is 0 Å². The van der Waals surface area contributed by atoms with Crippen molar-refractivity contribution in [1.82, 2.24) is 5.32 Å². The molecule has 0 saturated carbocycles. The summed E-state index contributed by atoms with van der Waals surface area (Å²) in [6, 6.07) is 12.7. The summed E-state index contributed by atoms with van der Waals surface area (Å²) in [4.78, 5) is 0. The third-order valence-corrected chi connectivity index (χ3v) is 4.72. The maximum absolute atomic E-state index is 14.2. The van der Waals surface area contributed by atoms with Gasteiger partial charge in [0.1, 0.15) is 5.82 Å². The maximum atomic E-state index is 14.2. The average molecular weight is 320 g/mol. The number of rotatable bonds is 4. The van der Waals surface area contributed by atoms with Crippen molar-refractivity contribution in [3.63, 3.8) is 0 Å². The molecule has 4 heteroatoms. The van der Waals surface area contributed by atoms with Gasteiger partial charge >= 0.3 is 0 Å². The second-order valence-electron chi connectivity index (χ2n) is 4.84. The van der Waals surface area contributed by atoms with Gasteiger partial charge in [-0.2, -0.15) is 0 Å². The lowest BCUT2D eigenvalue weighted by Crippen LogP contribution is -2.22. The first kappa shape index (κ1) is 14.5. The molecule has 0 fully saturated rings. The highest BCUT2D eigenvalue weighted by molar-refractivity contribution is 7.17. The van der Waals surface area contributed by atoms with Crippen molar-refractivity contribution in [2.45, 2.75) is 13.0 Å². The van der Waals surface area contributed by atoms with Gasteiger partial charge < -0.3 is 5.32 Å². The molecule has 0 bridgehead atoms. The monoisotopic (exact) mass is 319 g/mol. The topological polar surface area (TPSA) is 12.0 Å². The molecule has 3 rings (SSSR count). The van der Waals surface area contributed by atoms with E-state index in [4.69, 9.17) is 11.6 Å². The van der Waals surface area contributed by atoms with E-state index in [1.54, 1.807) is 23.5 Å². The quantitative estimate of drug-likeness (QED) is 0.679. The first-order chi connectivity index (χ1) is 10.2. The highest BCUT2D eigenvalue weighted by Crippen LogP contribution is 2.35. The number of benzene rings is 2. The lowest BCUT2D eigenvalue weighted by molar-refractivity contribution is 0.561. The van der Waals surface area contributed by atoms with Gasteiger partial charge in [-0.25, -0.2) is 4.39 Å². The molecule has 1 unspecified atom stereocenters. The van der Waals surface area contributed by atoms with Gasteiger partial charge in [0.25, 0.3) is 0 Å². The Bertz CT molecular complexity index is 768. The van der Waals surface area contributed by atoms with Crippen LogP contribution in [0.4, 0.5) is 4.39 Å². The first-order valence-electron chi connectivity index (χ1n) is 6.85. The van der Waals surface area contributed by atoms with Gasteiger partial charge in [0.15, 0.2) is 0 Å². The lowest BCUT2D eigenvalue weighted by atomic mass is 9.97. The van der Waals surface area contributed by atoms with Crippen LogP contribution >= 0.6 is 22.9 Å². The summed E-state index contributed by atoms with van der Waals surface area (Å²) >= 11 is 7.73. The Labute approximate surface area is 132 Å². The van der Waals surface area contributed by atoms with E-state index in [1.807, 2.05) is 19.1 Å². The summed E-state index contributed by atoms with van der Waals surface area (Å²) in [6.45, 7) is 2.77. The van der Waals surface area contributed by atoms with Crippen LogP contribution in [-0.2, 0) is 0 Å². The van der Waals surface area contributed by atoms with E-state index in [1.165, 1.54) is 10.8 Å². The van der Waals surface area contributed by atoms with Crippen LogP contribution in [-0.4, -0.2) is 6.54 Å². The molecule has 0 aliphatic carbocycles. The molecule has 3 aromatic rings. The predicted molar refractivity (Wildman–Crippen MR) is 88.8 cm³/mol.